The minimum absolute atomic E-state index is 0.0163. The SMILES string of the molecule is CCOC(=O)C(Cc1ccccc1)C(Cc1ccccc1)(C(=O)OCC)C(=O)c1ccc(O)c(OC)c1. The van der Waals surface area contributed by atoms with Gasteiger partial charge in [0.2, 0.25) is 0 Å². The molecule has 7 nitrogen and oxygen atoms in total. The number of phenolic OH excluding ortho intramolecular Hbond substituents is 1. The summed E-state index contributed by atoms with van der Waals surface area (Å²) in [6.07, 6.45) is -0.0166. The first kappa shape index (κ1) is 27.5. The number of carbonyl (C=O) groups excluding carboxylic acids is 3. The van der Waals surface area contributed by atoms with Crippen LogP contribution in [0, 0.1) is 11.3 Å². The molecule has 0 heterocycles. The zero-order chi connectivity index (χ0) is 26.8. The van der Waals surface area contributed by atoms with Crippen molar-refractivity contribution in [2.75, 3.05) is 20.3 Å². The number of aromatic hydroxyl groups is 1. The summed E-state index contributed by atoms with van der Waals surface area (Å²) in [7, 11) is 1.36. The predicted octanol–water partition coefficient (Wildman–Crippen LogP) is 4.80. The van der Waals surface area contributed by atoms with Gasteiger partial charge in [0.25, 0.3) is 0 Å². The quantitative estimate of drug-likeness (QED) is 0.215. The summed E-state index contributed by atoms with van der Waals surface area (Å²) in [4.78, 5) is 41.9. The van der Waals surface area contributed by atoms with Gasteiger partial charge in [-0.15, -0.1) is 0 Å². The Morgan fingerprint density at radius 3 is 2.00 bits per heavy atom. The molecule has 7 heteroatoms. The summed E-state index contributed by atoms with van der Waals surface area (Å²) >= 11 is 0. The zero-order valence-corrected chi connectivity index (χ0v) is 21.3. The summed E-state index contributed by atoms with van der Waals surface area (Å²) in [6, 6.07) is 22.3. The van der Waals surface area contributed by atoms with E-state index in [4.69, 9.17) is 14.2 Å². The molecule has 0 aliphatic heterocycles. The standard InChI is InChI=1S/C30H32O7/c1-4-36-28(33)24(18-21-12-8-6-9-13-21)30(29(34)37-5-2,20-22-14-10-7-11-15-22)27(32)23-16-17-25(31)26(19-23)35-3/h6-17,19,24,31H,4-5,18,20H2,1-3H3. The Morgan fingerprint density at radius 2 is 1.43 bits per heavy atom. The van der Waals surface area contributed by atoms with Crippen molar-refractivity contribution in [1.82, 2.24) is 0 Å². The molecule has 0 saturated heterocycles. The number of phenols is 1. The highest BCUT2D eigenvalue weighted by Gasteiger charge is 2.57. The fourth-order valence-corrected chi connectivity index (χ4v) is 4.47. The van der Waals surface area contributed by atoms with Crippen molar-refractivity contribution in [1.29, 1.82) is 0 Å². The average Bonchev–Trinajstić information content (AvgIpc) is 2.92. The van der Waals surface area contributed by atoms with Gasteiger partial charge in [-0.2, -0.15) is 0 Å². The lowest BCUT2D eigenvalue weighted by molar-refractivity contribution is -0.165. The maximum Gasteiger partial charge on any atom is 0.321 e. The summed E-state index contributed by atoms with van der Waals surface area (Å²) < 4.78 is 16.1. The van der Waals surface area contributed by atoms with Crippen LogP contribution in [0.25, 0.3) is 0 Å². The molecular formula is C30H32O7. The van der Waals surface area contributed by atoms with Gasteiger partial charge in [0.15, 0.2) is 17.3 Å². The number of Topliss-reactive ketones (excluding diaryl/α,β-unsaturated/α-hetero) is 1. The summed E-state index contributed by atoms with van der Waals surface area (Å²) in [5.74, 6) is -3.39. The Kier molecular flexibility index (Phi) is 9.44. The van der Waals surface area contributed by atoms with Crippen LogP contribution >= 0.6 is 0 Å². The molecule has 0 fully saturated rings. The lowest BCUT2D eigenvalue weighted by Gasteiger charge is -2.36. The number of ether oxygens (including phenoxy) is 3. The zero-order valence-electron chi connectivity index (χ0n) is 21.3. The van der Waals surface area contributed by atoms with E-state index in [2.05, 4.69) is 0 Å². The van der Waals surface area contributed by atoms with Crippen LogP contribution in [0.4, 0.5) is 0 Å². The molecule has 3 aromatic rings. The molecule has 1 N–H and O–H groups in total. The van der Waals surface area contributed by atoms with E-state index in [1.807, 2.05) is 36.4 Å². The number of methoxy groups -OCH3 is 1. The molecule has 2 unspecified atom stereocenters. The Labute approximate surface area is 217 Å². The first-order valence-corrected chi connectivity index (χ1v) is 12.2. The van der Waals surface area contributed by atoms with E-state index in [1.165, 1.54) is 25.3 Å². The second-order valence-electron chi connectivity index (χ2n) is 8.56. The van der Waals surface area contributed by atoms with Crippen LogP contribution in [0.15, 0.2) is 78.9 Å². The topological polar surface area (TPSA) is 99.1 Å². The summed E-state index contributed by atoms with van der Waals surface area (Å²) in [6.45, 7) is 3.42. The maximum absolute atomic E-state index is 14.5. The first-order valence-electron chi connectivity index (χ1n) is 12.2. The number of hydrogen-bond donors (Lipinski definition) is 1. The Hall–Kier alpha value is -4.13. The lowest BCUT2D eigenvalue weighted by atomic mass is 9.64. The Morgan fingerprint density at radius 1 is 0.838 bits per heavy atom. The number of esters is 2. The van der Waals surface area contributed by atoms with Gasteiger partial charge in [-0.1, -0.05) is 60.7 Å². The van der Waals surface area contributed by atoms with Gasteiger partial charge >= 0.3 is 11.9 Å². The van der Waals surface area contributed by atoms with Crippen LogP contribution in [0.5, 0.6) is 11.5 Å². The van der Waals surface area contributed by atoms with E-state index >= 15 is 0 Å². The van der Waals surface area contributed by atoms with E-state index < -0.39 is 29.1 Å². The van der Waals surface area contributed by atoms with E-state index in [0.29, 0.717) is 5.56 Å². The largest absolute Gasteiger partial charge is 0.504 e. The van der Waals surface area contributed by atoms with E-state index in [-0.39, 0.29) is 43.1 Å². The van der Waals surface area contributed by atoms with Gasteiger partial charge in [0.05, 0.1) is 26.2 Å². The van der Waals surface area contributed by atoms with Crippen molar-refractivity contribution in [2.24, 2.45) is 11.3 Å². The van der Waals surface area contributed by atoms with Gasteiger partial charge in [-0.05, 0) is 56.0 Å². The lowest BCUT2D eigenvalue weighted by Crippen LogP contribution is -2.52. The van der Waals surface area contributed by atoms with Crippen molar-refractivity contribution >= 4 is 17.7 Å². The molecule has 0 saturated carbocycles. The fraction of sp³-hybridized carbons (Fsp3) is 0.300. The van der Waals surface area contributed by atoms with Crippen LogP contribution in [-0.2, 0) is 31.9 Å². The van der Waals surface area contributed by atoms with Gasteiger partial charge in [0, 0.05) is 5.56 Å². The monoisotopic (exact) mass is 504 g/mol. The van der Waals surface area contributed by atoms with E-state index in [1.54, 1.807) is 38.1 Å². The number of hydrogen-bond acceptors (Lipinski definition) is 7. The minimum atomic E-state index is -1.96. The number of carbonyl (C=O) groups is 3. The third-order valence-electron chi connectivity index (χ3n) is 6.26. The fourth-order valence-electron chi connectivity index (χ4n) is 4.47. The van der Waals surface area contributed by atoms with Gasteiger partial charge in [0.1, 0.15) is 5.41 Å². The highest BCUT2D eigenvalue weighted by Crippen LogP contribution is 2.41. The average molecular weight is 505 g/mol. The third kappa shape index (κ3) is 6.17. The molecular weight excluding hydrogens is 472 g/mol. The van der Waals surface area contributed by atoms with Crippen LogP contribution in [0.3, 0.4) is 0 Å². The molecule has 3 aromatic carbocycles. The molecule has 0 spiro atoms. The van der Waals surface area contributed by atoms with Crippen molar-refractivity contribution in [3.63, 3.8) is 0 Å². The van der Waals surface area contributed by atoms with Crippen molar-refractivity contribution in [2.45, 2.75) is 26.7 Å². The van der Waals surface area contributed by atoms with Crippen LogP contribution in [0.1, 0.15) is 35.3 Å². The molecule has 0 aliphatic rings. The second kappa shape index (κ2) is 12.7. The first-order chi connectivity index (χ1) is 17.9. The predicted molar refractivity (Wildman–Crippen MR) is 138 cm³/mol. The van der Waals surface area contributed by atoms with Crippen molar-refractivity contribution in [3.8, 4) is 11.5 Å². The van der Waals surface area contributed by atoms with Gasteiger partial charge in [-0.25, -0.2) is 0 Å². The highest BCUT2D eigenvalue weighted by atomic mass is 16.5. The third-order valence-corrected chi connectivity index (χ3v) is 6.26. The van der Waals surface area contributed by atoms with E-state index in [0.717, 1.165) is 5.56 Å². The molecule has 0 bridgehead atoms. The van der Waals surface area contributed by atoms with Crippen LogP contribution in [0.2, 0.25) is 0 Å². The van der Waals surface area contributed by atoms with Crippen LogP contribution < -0.4 is 4.74 Å². The molecule has 3 rings (SSSR count). The Balaban J connectivity index is 2.30. The molecule has 2 atom stereocenters. The number of rotatable bonds is 12. The minimum Gasteiger partial charge on any atom is -0.504 e. The number of ketones is 1. The van der Waals surface area contributed by atoms with Gasteiger partial charge < -0.3 is 19.3 Å². The Bertz CT molecular complexity index is 1210. The molecule has 0 radical (unpaired) electrons. The van der Waals surface area contributed by atoms with E-state index in [9.17, 15) is 19.5 Å². The molecule has 194 valence electrons. The van der Waals surface area contributed by atoms with Crippen molar-refractivity contribution in [3.05, 3.63) is 95.6 Å². The molecule has 0 aromatic heterocycles. The maximum atomic E-state index is 14.5. The molecule has 37 heavy (non-hydrogen) atoms. The smallest absolute Gasteiger partial charge is 0.321 e. The number of benzene rings is 3. The van der Waals surface area contributed by atoms with Crippen LogP contribution in [-0.4, -0.2) is 43.2 Å². The van der Waals surface area contributed by atoms with Gasteiger partial charge in [-0.3, -0.25) is 14.4 Å². The molecule has 0 aliphatic carbocycles. The normalized spacial score (nSPS) is 13.2. The highest BCUT2D eigenvalue weighted by molar-refractivity contribution is 6.15. The van der Waals surface area contributed by atoms with Crippen molar-refractivity contribution < 1.29 is 33.7 Å². The summed E-state index contributed by atoms with van der Waals surface area (Å²) in [5.41, 5.74) is -0.419. The second-order valence-corrected chi connectivity index (χ2v) is 8.56. The molecule has 0 amide bonds. The summed E-state index contributed by atoms with van der Waals surface area (Å²) in [5, 5.41) is 10.1.